The van der Waals surface area contributed by atoms with Crippen LogP contribution in [0.1, 0.15) is 6.92 Å². The standard InChI is InChI=1S/C4H13NOSi/c1-4-7-6-5(2)3/h4,7H2,1-3H3. The Balaban J connectivity index is 2.68. The Labute approximate surface area is 47.4 Å². The molecule has 0 aromatic heterocycles. The van der Waals surface area contributed by atoms with Crippen LogP contribution in [0.5, 0.6) is 0 Å². The molecule has 0 bridgehead atoms. The Bertz CT molecular complexity index is 40.7. The SMILES string of the molecule is CC[SiH2]ON(C)C. The summed E-state index contributed by atoms with van der Waals surface area (Å²) >= 11 is 0. The molecule has 3 heteroatoms. The van der Waals surface area contributed by atoms with E-state index in [4.69, 9.17) is 4.53 Å². The van der Waals surface area contributed by atoms with Gasteiger partial charge in [0, 0.05) is 14.1 Å². The summed E-state index contributed by atoms with van der Waals surface area (Å²) in [6, 6.07) is 1.22. The van der Waals surface area contributed by atoms with E-state index in [1.54, 1.807) is 5.06 Å². The van der Waals surface area contributed by atoms with Crippen molar-refractivity contribution in [3.8, 4) is 0 Å². The number of hydrogen-bond donors (Lipinski definition) is 0. The van der Waals surface area contributed by atoms with Gasteiger partial charge < -0.3 is 4.53 Å². The smallest absolute Gasteiger partial charge is 0.190 e. The second kappa shape index (κ2) is 4.30. The van der Waals surface area contributed by atoms with Crippen LogP contribution in [0.2, 0.25) is 6.04 Å². The number of hydroxylamine groups is 2. The van der Waals surface area contributed by atoms with Gasteiger partial charge in [0.25, 0.3) is 0 Å². The van der Waals surface area contributed by atoms with Crippen molar-refractivity contribution < 1.29 is 4.53 Å². The second-order valence-corrected chi connectivity index (χ2v) is 3.31. The Hall–Kier alpha value is 0.137. The summed E-state index contributed by atoms with van der Waals surface area (Å²) in [5, 5.41) is 1.77. The van der Waals surface area contributed by atoms with Crippen molar-refractivity contribution in [2.75, 3.05) is 14.1 Å². The van der Waals surface area contributed by atoms with Gasteiger partial charge in [0.15, 0.2) is 9.76 Å². The molecule has 0 saturated carbocycles. The molecule has 0 unspecified atom stereocenters. The summed E-state index contributed by atoms with van der Waals surface area (Å²) in [7, 11) is 3.64. The lowest BCUT2D eigenvalue weighted by atomic mass is 11.0. The molecular formula is C4H13NOSi. The first-order chi connectivity index (χ1) is 3.27. The fraction of sp³-hybridized carbons (Fsp3) is 1.00. The molecule has 0 aromatic carbocycles. The first kappa shape index (κ1) is 7.14. The van der Waals surface area contributed by atoms with Crippen LogP contribution in [0.4, 0.5) is 0 Å². The molecule has 0 heterocycles. The lowest BCUT2D eigenvalue weighted by molar-refractivity contribution is -0.0000998. The van der Waals surface area contributed by atoms with Crippen molar-refractivity contribution in [2.45, 2.75) is 13.0 Å². The van der Waals surface area contributed by atoms with E-state index in [2.05, 4.69) is 6.92 Å². The van der Waals surface area contributed by atoms with Crippen molar-refractivity contribution >= 4 is 9.76 Å². The van der Waals surface area contributed by atoms with Gasteiger partial charge in [-0.1, -0.05) is 6.92 Å². The van der Waals surface area contributed by atoms with Gasteiger partial charge >= 0.3 is 0 Å². The molecule has 0 N–H and O–H groups in total. The van der Waals surface area contributed by atoms with Gasteiger partial charge in [-0.3, -0.25) is 0 Å². The molecule has 2 nitrogen and oxygen atoms in total. The highest BCUT2D eigenvalue weighted by Crippen LogP contribution is 1.78. The average Bonchev–Trinajstić information content (AvgIpc) is 1.61. The van der Waals surface area contributed by atoms with Crippen LogP contribution in [-0.4, -0.2) is 28.9 Å². The highest BCUT2D eigenvalue weighted by atomic mass is 28.2. The van der Waals surface area contributed by atoms with E-state index in [0.29, 0.717) is 0 Å². The Morgan fingerprint density at radius 1 is 1.57 bits per heavy atom. The van der Waals surface area contributed by atoms with Crippen molar-refractivity contribution in [3.05, 3.63) is 0 Å². The molecule has 0 rings (SSSR count). The summed E-state index contributed by atoms with van der Waals surface area (Å²) in [5.41, 5.74) is 0. The fourth-order valence-corrected chi connectivity index (χ4v) is 0.822. The Morgan fingerprint density at radius 2 is 2.14 bits per heavy atom. The first-order valence-corrected chi connectivity index (χ1v) is 4.15. The van der Waals surface area contributed by atoms with E-state index >= 15 is 0 Å². The zero-order chi connectivity index (χ0) is 5.70. The third kappa shape index (κ3) is 6.14. The van der Waals surface area contributed by atoms with Gasteiger partial charge in [0.1, 0.15) is 0 Å². The molecule has 0 amide bonds. The Morgan fingerprint density at radius 3 is 2.29 bits per heavy atom. The molecule has 0 radical (unpaired) electrons. The van der Waals surface area contributed by atoms with Crippen LogP contribution in [0.3, 0.4) is 0 Å². The minimum atomic E-state index is -0.200. The maximum atomic E-state index is 5.16. The van der Waals surface area contributed by atoms with Crippen LogP contribution in [0.25, 0.3) is 0 Å². The molecular weight excluding hydrogens is 106 g/mol. The fourth-order valence-electron chi connectivity index (χ4n) is 0.274. The van der Waals surface area contributed by atoms with Crippen molar-refractivity contribution in [1.82, 2.24) is 5.06 Å². The largest absolute Gasteiger partial charge is 0.351 e. The van der Waals surface area contributed by atoms with Crippen molar-refractivity contribution in [3.63, 3.8) is 0 Å². The quantitative estimate of drug-likeness (QED) is 0.383. The minimum absolute atomic E-state index is 0.200. The van der Waals surface area contributed by atoms with E-state index < -0.39 is 0 Å². The first-order valence-electron chi connectivity index (χ1n) is 2.57. The Kier molecular flexibility index (Phi) is 4.38. The maximum absolute atomic E-state index is 5.16. The molecule has 0 aliphatic carbocycles. The zero-order valence-electron chi connectivity index (χ0n) is 5.27. The highest BCUT2D eigenvalue weighted by molar-refractivity contribution is 6.26. The van der Waals surface area contributed by atoms with Gasteiger partial charge in [0.05, 0.1) is 0 Å². The molecule has 7 heavy (non-hydrogen) atoms. The average molecular weight is 119 g/mol. The molecule has 0 aromatic rings. The summed E-state index contributed by atoms with van der Waals surface area (Å²) in [6.45, 7) is 2.15. The van der Waals surface area contributed by atoms with Gasteiger partial charge in [-0.05, 0) is 6.04 Å². The van der Waals surface area contributed by atoms with Crippen LogP contribution in [0, 0.1) is 0 Å². The monoisotopic (exact) mass is 119 g/mol. The van der Waals surface area contributed by atoms with E-state index in [1.165, 1.54) is 6.04 Å². The number of rotatable bonds is 3. The predicted octanol–water partition coefficient (Wildman–Crippen LogP) is 0.00160. The predicted molar refractivity (Wildman–Crippen MR) is 33.8 cm³/mol. The van der Waals surface area contributed by atoms with Crippen LogP contribution in [0.15, 0.2) is 0 Å². The van der Waals surface area contributed by atoms with Gasteiger partial charge in [-0.25, -0.2) is 5.06 Å². The van der Waals surface area contributed by atoms with Crippen LogP contribution in [-0.2, 0) is 4.53 Å². The number of hydrogen-bond acceptors (Lipinski definition) is 2. The molecule has 0 saturated heterocycles. The molecule has 0 atom stereocenters. The van der Waals surface area contributed by atoms with E-state index in [9.17, 15) is 0 Å². The van der Waals surface area contributed by atoms with Crippen molar-refractivity contribution in [2.24, 2.45) is 0 Å². The lowest BCUT2D eigenvalue weighted by Crippen LogP contribution is -2.14. The van der Waals surface area contributed by atoms with Crippen LogP contribution < -0.4 is 0 Å². The molecule has 44 valence electrons. The second-order valence-electron chi connectivity index (χ2n) is 1.65. The summed E-state index contributed by atoms with van der Waals surface area (Å²) in [4.78, 5) is 0. The summed E-state index contributed by atoms with van der Waals surface area (Å²) < 4.78 is 5.16. The highest BCUT2D eigenvalue weighted by Gasteiger charge is 1.83. The topological polar surface area (TPSA) is 12.5 Å². The molecule has 0 aliphatic heterocycles. The van der Waals surface area contributed by atoms with Gasteiger partial charge in [-0.2, -0.15) is 0 Å². The molecule has 0 spiro atoms. The molecule has 0 aliphatic rings. The normalized spacial score (nSPS) is 12.0. The van der Waals surface area contributed by atoms with Crippen LogP contribution >= 0.6 is 0 Å². The third-order valence-electron chi connectivity index (χ3n) is 0.554. The lowest BCUT2D eigenvalue weighted by Gasteiger charge is -2.07. The summed E-state index contributed by atoms with van der Waals surface area (Å²) in [6.07, 6.45) is 0. The zero-order valence-corrected chi connectivity index (χ0v) is 6.68. The summed E-state index contributed by atoms with van der Waals surface area (Å²) in [5.74, 6) is 0. The minimum Gasteiger partial charge on any atom is -0.351 e. The third-order valence-corrected chi connectivity index (χ3v) is 1.66. The van der Waals surface area contributed by atoms with E-state index in [-0.39, 0.29) is 9.76 Å². The van der Waals surface area contributed by atoms with Gasteiger partial charge in [-0.15, -0.1) is 0 Å². The van der Waals surface area contributed by atoms with E-state index in [1.807, 2.05) is 14.1 Å². The molecule has 0 fully saturated rings. The maximum Gasteiger partial charge on any atom is 0.190 e. The van der Waals surface area contributed by atoms with E-state index in [0.717, 1.165) is 0 Å². The van der Waals surface area contributed by atoms with Gasteiger partial charge in [0.2, 0.25) is 0 Å². The van der Waals surface area contributed by atoms with Crippen molar-refractivity contribution in [1.29, 1.82) is 0 Å². The number of nitrogens with zero attached hydrogens (tertiary/aromatic N) is 1.